The summed E-state index contributed by atoms with van der Waals surface area (Å²) in [4.78, 5) is 24.1. The van der Waals surface area contributed by atoms with Crippen LogP contribution in [0.1, 0.15) is 46.5 Å². The van der Waals surface area contributed by atoms with Crippen LogP contribution in [0.15, 0.2) is 11.6 Å². The van der Waals surface area contributed by atoms with Crippen molar-refractivity contribution in [3.05, 3.63) is 11.6 Å². The van der Waals surface area contributed by atoms with Gasteiger partial charge in [-0.25, -0.2) is 0 Å². The molecule has 1 atom stereocenters. The highest BCUT2D eigenvalue weighted by Crippen LogP contribution is 2.31. The molecule has 1 rings (SSSR count). The molecule has 4 heteroatoms. The Labute approximate surface area is 115 Å². The molecule has 1 aliphatic rings. The third kappa shape index (κ3) is 4.69. The third-order valence-electron chi connectivity index (χ3n) is 3.41. The Morgan fingerprint density at radius 1 is 1.26 bits per heavy atom. The third-order valence-corrected chi connectivity index (χ3v) is 3.41. The molecule has 0 heterocycles. The molecule has 0 N–H and O–H groups in total. The first kappa shape index (κ1) is 15.7. The van der Waals surface area contributed by atoms with Gasteiger partial charge in [-0.3, -0.25) is 9.59 Å². The van der Waals surface area contributed by atoms with Crippen LogP contribution in [0.4, 0.5) is 0 Å². The quantitative estimate of drug-likeness (QED) is 0.437. The highest BCUT2D eigenvalue weighted by molar-refractivity contribution is 5.95. The zero-order valence-corrected chi connectivity index (χ0v) is 12.1. The molecule has 0 bridgehead atoms. The molecular weight excluding hydrogens is 244 g/mol. The van der Waals surface area contributed by atoms with E-state index in [0.29, 0.717) is 0 Å². The fourth-order valence-corrected chi connectivity index (χ4v) is 2.56. The second-order valence-corrected chi connectivity index (χ2v) is 4.93. The molecule has 0 aromatic carbocycles. The molecule has 0 aliphatic heterocycles. The average Bonchev–Trinajstić information content (AvgIpc) is 2.55. The minimum Gasteiger partial charge on any atom is -0.465 e. The van der Waals surface area contributed by atoms with Crippen molar-refractivity contribution >= 4 is 11.9 Å². The summed E-state index contributed by atoms with van der Waals surface area (Å²) in [6.07, 6.45) is 5.82. The SMILES string of the molecule is CCOC(=O)C(C(=O)OCC)C1CCCC=C(C)C1. The minimum atomic E-state index is -0.777. The first-order valence-electron chi connectivity index (χ1n) is 7.09. The second-order valence-electron chi connectivity index (χ2n) is 4.93. The minimum absolute atomic E-state index is 0.00292. The van der Waals surface area contributed by atoms with Gasteiger partial charge in [0.15, 0.2) is 5.92 Å². The van der Waals surface area contributed by atoms with Gasteiger partial charge in [-0.15, -0.1) is 0 Å². The van der Waals surface area contributed by atoms with Crippen LogP contribution >= 0.6 is 0 Å². The maximum absolute atomic E-state index is 12.0. The van der Waals surface area contributed by atoms with Crippen molar-refractivity contribution in [2.75, 3.05) is 13.2 Å². The molecule has 0 spiro atoms. The smallest absolute Gasteiger partial charge is 0.320 e. The van der Waals surface area contributed by atoms with Gasteiger partial charge >= 0.3 is 11.9 Å². The first-order chi connectivity index (χ1) is 9.10. The number of carbonyl (C=O) groups is 2. The number of rotatable bonds is 5. The number of hydrogen-bond donors (Lipinski definition) is 0. The molecule has 0 aromatic heterocycles. The summed E-state index contributed by atoms with van der Waals surface area (Å²) in [6.45, 7) is 6.12. The molecule has 1 aliphatic carbocycles. The number of carbonyl (C=O) groups excluding carboxylic acids is 2. The van der Waals surface area contributed by atoms with Crippen LogP contribution in [-0.2, 0) is 19.1 Å². The molecule has 0 saturated heterocycles. The molecule has 108 valence electrons. The predicted molar refractivity (Wildman–Crippen MR) is 72.5 cm³/mol. The van der Waals surface area contributed by atoms with Gasteiger partial charge in [-0.1, -0.05) is 11.6 Å². The standard InChI is InChI=1S/C15H24O4/c1-4-18-14(16)13(15(17)19-5-2)12-9-7-6-8-11(3)10-12/h8,12-13H,4-7,9-10H2,1-3H3. The summed E-state index contributed by atoms with van der Waals surface area (Å²) < 4.78 is 10.1. The van der Waals surface area contributed by atoms with Gasteiger partial charge in [-0.2, -0.15) is 0 Å². The molecule has 19 heavy (non-hydrogen) atoms. The maximum Gasteiger partial charge on any atom is 0.320 e. The lowest BCUT2D eigenvalue weighted by Crippen LogP contribution is -2.34. The molecule has 0 aromatic rings. The van der Waals surface area contributed by atoms with Crippen LogP contribution in [0.2, 0.25) is 0 Å². The second kappa shape index (κ2) is 7.97. The Balaban J connectivity index is 2.85. The lowest BCUT2D eigenvalue weighted by molar-refractivity contribution is -0.164. The summed E-state index contributed by atoms with van der Waals surface area (Å²) >= 11 is 0. The molecule has 1 unspecified atom stereocenters. The van der Waals surface area contributed by atoms with E-state index in [0.717, 1.165) is 25.7 Å². The highest BCUT2D eigenvalue weighted by Gasteiger charge is 2.37. The topological polar surface area (TPSA) is 52.6 Å². The summed E-state index contributed by atoms with van der Waals surface area (Å²) in [5.41, 5.74) is 1.24. The lowest BCUT2D eigenvalue weighted by atomic mass is 9.85. The Hall–Kier alpha value is -1.32. The van der Waals surface area contributed by atoms with E-state index in [1.807, 2.05) is 6.92 Å². The van der Waals surface area contributed by atoms with E-state index in [1.54, 1.807) is 13.8 Å². The lowest BCUT2D eigenvalue weighted by Gasteiger charge is -2.23. The van der Waals surface area contributed by atoms with Gasteiger partial charge in [0.05, 0.1) is 13.2 Å². The van der Waals surface area contributed by atoms with Crippen LogP contribution in [0.5, 0.6) is 0 Å². The largest absolute Gasteiger partial charge is 0.465 e. The molecule has 0 fully saturated rings. The van der Waals surface area contributed by atoms with Crippen molar-refractivity contribution in [1.82, 2.24) is 0 Å². The van der Waals surface area contributed by atoms with E-state index in [2.05, 4.69) is 6.08 Å². The molecular formula is C15H24O4. The summed E-state index contributed by atoms with van der Waals surface area (Å²) in [5.74, 6) is -1.67. The number of esters is 2. The van der Waals surface area contributed by atoms with E-state index >= 15 is 0 Å². The van der Waals surface area contributed by atoms with E-state index in [-0.39, 0.29) is 19.1 Å². The Kier molecular flexibility index (Phi) is 6.60. The van der Waals surface area contributed by atoms with Crippen LogP contribution in [0.3, 0.4) is 0 Å². The van der Waals surface area contributed by atoms with Crippen LogP contribution in [0.25, 0.3) is 0 Å². The van der Waals surface area contributed by atoms with Crippen molar-refractivity contribution in [2.24, 2.45) is 11.8 Å². The molecule has 4 nitrogen and oxygen atoms in total. The number of ether oxygens (including phenoxy) is 2. The van der Waals surface area contributed by atoms with Crippen molar-refractivity contribution < 1.29 is 19.1 Å². The van der Waals surface area contributed by atoms with E-state index in [4.69, 9.17) is 9.47 Å². The summed E-state index contributed by atoms with van der Waals surface area (Å²) in [6, 6.07) is 0. The average molecular weight is 268 g/mol. The zero-order valence-electron chi connectivity index (χ0n) is 12.1. The number of hydrogen-bond acceptors (Lipinski definition) is 4. The fraction of sp³-hybridized carbons (Fsp3) is 0.733. The van der Waals surface area contributed by atoms with E-state index in [1.165, 1.54) is 5.57 Å². The Bertz CT molecular complexity index is 328. The summed E-state index contributed by atoms with van der Waals surface area (Å²) in [7, 11) is 0. The van der Waals surface area contributed by atoms with Gasteiger partial charge < -0.3 is 9.47 Å². The normalized spacial score (nSPS) is 19.6. The Morgan fingerprint density at radius 3 is 2.37 bits per heavy atom. The van der Waals surface area contributed by atoms with Gasteiger partial charge in [0.1, 0.15) is 0 Å². The van der Waals surface area contributed by atoms with Crippen molar-refractivity contribution in [2.45, 2.75) is 46.5 Å². The van der Waals surface area contributed by atoms with E-state index < -0.39 is 17.9 Å². The van der Waals surface area contributed by atoms with E-state index in [9.17, 15) is 9.59 Å². The van der Waals surface area contributed by atoms with Crippen LogP contribution < -0.4 is 0 Å². The van der Waals surface area contributed by atoms with Gasteiger partial charge in [0.25, 0.3) is 0 Å². The van der Waals surface area contributed by atoms with Gasteiger partial charge in [0.2, 0.25) is 0 Å². The summed E-state index contributed by atoms with van der Waals surface area (Å²) in [5, 5.41) is 0. The monoisotopic (exact) mass is 268 g/mol. The van der Waals surface area contributed by atoms with Crippen molar-refractivity contribution in [3.8, 4) is 0 Å². The van der Waals surface area contributed by atoms with Crippen LogP contribution in [0, 0.1) is 11.8 Å². The maximum atomic E-state index is 12.0. The molecule has 0 saturated carbocycles. The molecule has 0 amide bonds. The van der Waals surface area contributed by atoms with Gasteiger partial charge in [-0.05, 0) is 52.4 Å². The Morgan fingerprint density at radius 2 is 1.84 bits per heavy atom. The molecule has 0 radical (unpaired) electrons. The fourth-order valence-electron chi connectivity index (χ4n) is 2.56. The predicted octanol–water partition coefficient (Wildman–Crippen LogP) is 2.87. The van der Waals surface area contributed by atoms with Gasteiger partial charge in [0, 0.05) is 0 Å². The first-order valence-corrected chi connectivity index (χ1v) is 7.09. The van der Waals surface area contributed by atoms with Crippen LogP contribution in [-0.4, -0.2) is 25.2 Å². The van der Waals surface area contributed by atoms with Crippen molar-refractivity contribution in [1.29, 1.82) is 0 Å². The van der Waals surface area contributed by atoms with Crippen molar-refractivity contribution in [3.63, 3.8) is 0 Å². The zero-order chi connectivity index (χ0) is 14.3. The highest BCUT2D eigenvalue weighted by atomic mass is 16.6. The number of allylic oxidation sites excluding steroid dienone is 2.